The molecule has 3 rings (SSSR count). The molecule has 20 heavy (non-hydrogen) atoms. The molecule has 0 bridgehead atoms. The van der Waals surface area contributed by atoms with Crippen LogP contribution in [0.5, 0.6) is 0 Å². The lowest BCUT2D eigenvalue weighted by atomic mass is 9.98. The van der Waals surface area contributed by atoms with Gasteiger partial charge in [0.2, 0.25) is 0 Å². The highest BCUT2D eigenvalue weighted by molar-refractivity contribution is 9.10. The molecule has 0 aromatic heterocycles. The minimum Gasteiger partial charge on any atom is -0.368 e. The average Bonchev–Trinajstić information content (AvgIpc) is 2.47. The van der Waals surface area contributed by atoms with E-state index >= 15 is 0 Å². The van der Waals surface area contributed by atoms with Gasteiger partial charge in [-0.25, -0.2) is 0 Å². The molecule has 2 aliphatic rings. The summed E-state index contributed by atoms with van der Waals surface area (Å²) in [5, 5.41) is 3.29. The Bertz CT molecular complexity index is 463. The van der Waals surface area contributed by atoms with Crippen molar-refractivity contribution >= 4 is 21.6 Å². The van der Waals surface area contributed by atoms with Crippen LogP contribution in [0.4, 0.5) is 5.69 Å². The van der Waals surface area contributed by atoms with Crippen LogP contribution in [0.3, 0.4) is 0 Å². The van der Waals surface area contributed by atoms with Gasteiger partial charge < -0.3 is 10.2 Å². The minimum atomic E-state index is 0.767. The van der Waals surface area contributed by atoms with E-state index in [1.54, 1.807) is 0 Å². The molecule has 2 aliphatic heterocycles. The van der Waals surface area contributed by atoms with Crippen molar-refractivity contribution in [3.05, 3.63) is 28.2 Å². The number of fused-ring (bicyclic) bond motifs is 1. The summed E-state index contributed by atoms with van der Waals surface area (Å²) in [4.78, 5) is 5.28. The molecule has 110 valence electrons. The van der Waals surface area contributed by atoms with Crippen molar-refractivity contribution in [1.29, 1.82) is 0 Å². The second-order valence-corrected chi connectivity index (χ2v) is 6.85. The molecule has 0 aliphatic carbocycles. The maximum Gasteiger partial charge on any atom is 0.0413 e. The van der Waals surface area contributed by atoms with E-state index < -0.39 is 0 Å². The van der Waals surface area contributed by atoms with Crippen molar-refractivity contribution in [3.8, 4) is 0 Å². The summed E-state index contributed by atoms with van der Waals surface area (Å²) in [5.74, 6) is 0. The second-order valence-electron chi connectivity index (χ2n) is 5.93. The fraction of sp³-hybridized carbons (Fsp3) is 0.625. The molecule has 1 unspecified atom stereocenters. The molecule has 1 N–H and O–H groups in total. The van der Waals surface area contributed by atoms with E-state index in [-0.39, 0.29) is 0 Å². The molecule has 1 atom stereocenters. The summed E-state index contributed by atoms with van der Waals surface area (Å²) in [6.07, 6.45) is 4.16. The number of piperidine rings is 1. The standard InChI is InChI=1S/C16H24BrN3/c1-18-11-13-10-14(17)5-6-16(13)20-9-8-19-7-3-2-4-15(19)12-20/h5-6,10,15,18H,2-4,7-9,11-12H2,1H3. The molecule has 4 heteroatoms. The molecular formula is C16H24BrN3. The van der Waals surface area contributed by atoms with Crippen LogP contribution in [0.15, 0.2) is 22.7 Å². The van der Waals surface area contributed by atoms with E-state index in [1.807, 2.05) is 7.05 Å². The third-order valence-electron chi connectivity index (χ3n) is 4.59. The van der Waals surface area contributed by atoms with Crippen molar-refractivity contribution in [1.82, 2.24) is 10.2 Å². The Kier molecular flexibility index (Phi) is 4.64. The number of nitrogens with one attached hydrogen (secondary N) is 1. The quantitative estimate of drug-likeness (QED) is 0.914. The van der Waals surface area contributed by atoms with Gasteiger partial charge in [-0.05, 0) is 50.2 Å². The first-order valence-corrected chi connectivity index (χ1v) is 8.49. The van der Waals surface area contributed by atoms with Crippen molar-refractivity contribution in [2.45, 2.75) is 31.8 Å². The van der Waals surface area contributed by atoms with Crippen LogP contribution in [-0.2, 0) is 6.54 Å². The third-order valence-corrected chi connectivity index (χ3v) is 5.08. The first-order valence-electron chi connectivity index (χ1n) is 7.70. The summed E-state index contributed by atoms with van der Waals surface area (Å²) >= 11 is 3.59. The van der Waals surface area contributed by atoms with Crippen LogP contribution >= 0.6 is 15.9 Å². The Morgan fingerprint density at radius 1 is 1.25 bits per heavy atom. The molecule has 1 aromatic rings. The predicted octanol–water partition coefficient (Wildman–Crippen LogP) is 2.84. The highest BCUT2D eigenvalue weighted by atomic mass is 79.9. The summed E-state index contributed by atoms with van der Waals surface area (Å²) in [5.41, 5.74) is 2.80. The smallest absolute Gasteiger partial charge is 0.0413 e. The summed E-state index contributed by atoms with van der Waals surface area (Å²) in [6, 6.07) is 7.46. The fourth-order valence-electron chi connectivity index (χ4n) is 3.57. The number of hydrogen-bond donors (Lipinski definition) is 1. The molecule has 0 spiro atoms. The molecule has 0 radical (unpaired) electrons. The number of piperazine rings is 1. The number of halogens is 1. The lowest BCUT2D eigenvalue weighted by Crippen LogP contribution is -2.55. The first kappa shape index (κ1) is 14.4. The van der Waals surface area contributed by atoms with Gasteiger partial charge in [0.05, 0.1) is 0 Å². The van der Waals surface area contributed by atoms with Gasteiger partial charge in [0, 0.05) is 42.4 Å². The second kappa shape index (κ2) is 6.46. The number of nitrogens with zero attached hydrogens (tertiary/aromatic N) is 2. The SMILES string of the molecule is CNCc1cc(Br)ccc1N1CCN2CCCCC2C1. The zero-order valence-electron chi connectivity index (χ0n) is 12.2. The lowest BCUT2D eigenvalue weighted by Gasteiger charge is -2.45. The Balaban J connectivity index is 1.78. The van der Waals surface area contributed by atoms with E-state index in [0.29, 0.717) is 0 Å². The van der Waals surface area contributed by atoms with Gasteiger partial charge in [0.1, 0.15) is 0 Å². The summed E-state index contributed by atoms with van der Waals surface area (Å²) in [7, 11) is 2.02. The highest BCUT2D eigenvalue weighted by Gasteiger charge is 2.29. The van der Waals surface area contributed by atoms with E-state index in [0.717, 1.165) is 19.1 Å². The van der Waals surface area contributed by atoms with Crippen LogP contribution in [0.2, 0.25) is 0 Å². The van der Waals surface area contributed by atoms with Gasteiger partial charge in [-0.2, -0.15) is 0 Å². The molecule has 3 nitrogen and oxygen atoms in total. The molecular weight excluding hydrogens is 314 g/mol. The van der Waals surface area contributed by atoms with Crippen molar-refractivity contribution in [2.75, 3.05) is 38.1 Å². The number of anilines is 1. The molecule has 0 amide bonds. The predicted molar refractivity (Wildman–Crippen MR) is 88.3 cm³/mol. The molecule has 0 saturated carbocycles. The Morgan fingerprint density at radius 3 is 3.00 bits per heavy atom. The minimum absolute atomic E-state index is 0.767. The maximum absolute atomic E-state index is 3.59. The molecule has 1 aromatic carbocycles. The average molecular weight is 338 g/mol. The topological polar surface area (TPSA) is 18.5 Å². The first-order chi connectivity index (χ1) is 9.78. The van der Waals surface area contributed by atoms with E-state index in [1.165, 1.54) is 54.6 Å². The van der Waals surface area contributed by atoms with Gasteiger partial charge in [-0.3, -0.25) is 4.90 Å². The third kappa shape index (κ3) is 3.02. The number of hydrogen-bond acceptors (Lipinski definition) is 3. The fourth-order valence-corrected chi connectivity index (χ4v) is 3.98. The van der Waals surface area contributed by atoms with E-state index in [9.17, 15) is 0 Å². The monoisotopic (exact) mass is 337 g/mol. The lowest BCUT2D eigenvalue weighted by molar-refractivity contribution is 0.133. The summed E-state index contributed by atoms with van der Waals surface area (Å²) < 4.78 is 1.17. The van der Waals surface area contributed by atoms with Crippen LogP contribution in [0, 0.1) is 0 Å². The van der Waals surface area contributed by atoms with Crippen LogP contribution in [0.25, 0.3) is 0 Å². The van der Waals surface area contributed by atoms with Crippen LogP contribution in [-0.4, -0.2) is 44.2 Å². The Labute approximate surface area is 130 Å². The number of benzene rings is 1. The number of rotatable bonds is 3. The Hall–Kier alpha value is -0.580. The zero-order chi connectivity index (χ0) is 13.9. The largest absolute Gasteiger partial charge is 0.368 e. The normalized spacial score (nSPS) is 23.7. The van der Waals surface area contributed by atoms with Crippen LogP contribution in [0.1, 0.15) is 24.8 Å². The van der Waals surface area contributed by atoms with E-state index in [4.69, 9.17) is 0 Å². The van der Waals surface area contributed by atoms with Crippen molar-refractivity contribution in [3.63, 3.8) is 0 Å². The van der Waals surface area contributed by atoms with Gasteiger partial charge >= 0.3 is 0 Å². The Morgan fingerprint density at radius 2 is 2.15 bits per heavy atom. The maximum atomic E-state index is 3.59. The van der Waals surface area contributed by atoms with Crippen molar-refractivity contribution < 1.29 is 0 Å². The van der Waals surface area contributed by atoms with Gasteiger partial charge in [0.25, 0.3) is 0 Å². The van der Waals surface area contributed by atoms with Gasteiger partial charge in [-0.1, -0.05) is 22.4 Å². The van der Waals surface area contributed by atoms with Crippen LogP contribution < -0.4 is 10.2 Å². The molecule has 2 fully saturated rings. The summed E-state index contributed by atoms with van der Waals surface area (Å²) in [6.45, 7) is 5.81. The molecule has 2 heterocycles. The van der Waals surface area contributed by atoms with Gasteiger partial charge in [0.15, 0.2) is 0 Å². The highest BCUT2D eigenvalue weighted by Crippen LogP contribution is 2.29. The van der Waals surface area contributed by atoms with Crippen molar-refractivity contribution in [2.24, 2.45) is 0 Å². The zero-order valence-corrected chi connectivity index (χ0v) is 13.8. The van der Waals surface area contributed by atoms with E-state index in [2.05, 4.69) is 49.2 Å². The van der Waals surface area contributed by atoms with Gasteiger partial charge in [-0.15, -0.1) is 0 Å². The molecule has 2 saturated heterocycles.